The van der Waals surface area contributed by atoms with Gasteiger partial charge in [-0.1, -0.05) is 184 Å². The normalized spacial score (nSPS) is 14.5. The third-order valence-electron chi connectivity index (χ3n) is 12.6. The standard InChI is InChI=1S/C53H39N/c1-52(2)44-25-12-8-21-39(44)42-32-31-37(33-49(42)52)54(34-36-19-6-7-20-38(36)35-17-4-3-5-18-35)50-30-16-29-48-51(50)43-24-11-15-28-47(43)53(48)45-26-13-9-22-40(45)41-23-10-14-27-46(41)53/h3-33H,34H2,1-2H3. The van der Waals surface area contributed by atoms with Crippen molar-refractivity contribution in [1.29, 1.82) is 0 Å². The first-order chi connectivity index (χ1) is 26.6. The Bertz CT molecular complexity index is 2740. The van der Waals surface area contributed by atoms with Gasteiger partial charge in [0.2, 0.25) is 0 Å². The average molecular weight is 690 g/mol. The minimum atomic E-state index is -0.399. The van der Waals surface area contributed by atoms with Crippen LogP contribution in [0.2, 0.25) is 0 Å². The van der Waals surface area contributed by atoms with E-state index in [2.05, 4.69) is 207 Å². The Morgan fingerprint density at radius 1 is 0.389 bits per heavy atom. The van der Waals surface area contributed by atoms with E-state index in [1.165, 1.54) is 94.8 Å². The summed E-state index contributed by atoms with van der Waals surface area (Å²) >= 11 is 0. The van der Waals surface area contributed by atoms with Crippen molar-refractivity contribution in [2.45, 2.75) is 31.2 Å². The minimum Gasteiger partial charge on any atom is -0.336 e. The third kappa shape index (κ3) is 4.15. The van der Waals surface area contributed by atoms with E-state index in [1.807, 2.05) is 0 Å². The maximum absolute atomic E-state index is 2.60. The summed E-state index contributed by atoms with van der Waals surface area (Å²) in [5, 5.41) is 0. The van der Waals surface area contributed by atoms with Crippen LogP contribution in [-0.4, -0.2) is 0 Å². The van der Waals surface area contributed by atoms with E-state index >= 15 is 0 Å². The van der Waals surface area contributed by atoms with Gasteiger partial charge in [-0.25, -0.2) is 0 Å². The topological polar surface area (TPSA) is 3.24 Å². The second-order valence-electron chi connectivity index (χ2n) is 15.6. The smallest absolute Gasteiger partial charge is 0.0726 e. The highest BCUT2D eigenvalue weighted by Crippen LogP contribution is 2.64. The molecule has 0 unspecified atom stereocenters. The molecule has 0 radical (unpaired) electrons. The second kappa shape index (κ2) is 11.5. The zero-order chi connectivity index (χ0) is 36.0. The summed E-state index contributed by atoms with van der Waals surface area (Å²) in [6.45, 7) is 5.48. The molecule has 0 bridgehead atoms. The number of nitrogens with zero attached hydrogens (tertiary/aromatic N) is 1. The minimum absolute atomic E-state index is 0.109. The van der Waals surface area contributed by atoms with Crippen molar-refractivity contribution in [3.8, 4) is 44.5 Å². The summed E-state index contributed by atoms with van der Waals surface area (Å²) in [4.78, 5) is 2.60. The molecule has 0 aromatic heterocycles. The summed E-state index contributed by atoms with van der Waals surface area (Å²) in [5.41, 5.74) is 21.9. The lowest BCUT2D eigenvalue weighted by molar-refractivity contribution is 0.660. The van der Waals surface area contributed by atoms with Gasteiger partial charge in [0, 0.05) is 28.9 Å². The molecule has 0 atom stereocenters. The van der Waals surface area contributed by atoms with Gasteiger partial charge in [0.05, 0.1) is 5.41 Å². The molecule has 0 heterocycles. The number of anilines is 2. The van der Waals surface area contributed by atoms with Crippen molar-refractivity contribution >= 4 is 11.4 Å². The van der Waals surface area contributed by atoms with Crippen molar-refractivity contribution in [2.75, 3.05) is 4.90 Å². The van der Waals surface area contributed by atoms with Gasteiger partial charge < -0.3 is 4.90 Å². The molecule has 0 fully saturated rings. The van der Waals surface area contributed by atoms with Crippen LogP contribution in [0.1, 0.15) is 52.8 Å². The van der Waals surface area contributed by atoms with Gasteiger partial charge in [0.25, 0.3) is 0 Å². The summed E-state index contributed by atoms with van der Waals surface area (Å²) in [5.74, 6) is 0. The van der Waals surface area contributed by atoms with E-state index in [9.17, 15) is 0 Å². The van der Waals surface area contributed by atoms with E-state index in [-0.39, 0.29) is 5.41 Å². The summed E-state index contributed by atoms with van der Waals surface area (Å²) < 4.78 is 0. The van der Waals surface area contributed by atoms with Crippen molar-refractivity contribution in [3.05, 3.63) is 227 Å². The highest BCUT2D eigenvalue weighted by Gasteiger charge is 2.52. The molecule has 0 saturated carbocycles. The number of hydrogen-bond acceptors (Lipinski definition) is 1. The number of benzene rings is 8. The molecular formula is C53H39N. The fourth-order valence-corrected chi connectivity index (χ4v) is 10.3. The van der Waals surface area contributed by atoms with Crippen LogP contribution in [0.4, 0.5) is 11.4 Å². The predicted molar refractivity (Wildman–Crippen MR) is 224 cm³/mol. The van der Waals surface area contributed by atoms with Crippen LogP contribution in [-0.2, 0) is 17.4 Å². The molecule has 8 aromatic carbocycles. The van der Waals surface area contributed by atoms with Crippen molar-refractivity contribution < 1.29 is 0 Å². The monoisotopic (exact) mass is 689 g/mol. The van der Waals surface area contributed by atoms with Crippen LogP contribution in [0, 0.1) is 0 Å². The predicted octanol–water partition coefficient (Wildman–Crippen LogP) is 13.3. The quantitative estimate of drug-likeness (QED) is 0.174. The lowest BCUT2D eigenvalue weighted by Crippen LogP contribution is -2.26. The molecule has 256 valence electrons. The number of fused-ring (bicyclic) bond motifs is 13. The van der Waals surface area contributed by atoms with Gasteiger partial charge in [-0.2, -0.15) is 0 Å². The van der Waals surface area contributed by atoms with Crippen molar-refractivity contribution in [1.82, 2.24) is 0 Å². The largest absolute Gasteiger partial charge is 0.336 e. The van der Waals surface area contributed by atoms with E-state index in [0.29, 0.717) is 0 Å². The van der Waals surface area contributed by atoms with Crippen LogP contribution in [0.25, 0.3) is 44.5 Å². The zero-order valence-electron chi connectivity index (χ0n) is 30.6. The maximum atomic E-state index is 2.60. The lowest BCUT2D eigenvalue weighted by Gasteiger charge is -2.32. The van der Waals surface area contributed by atoms with Crippen LogP contribution < -0.4 is 4.90 Å². The molecule has 0 amide bonds. The molecule has 0 N–H and O–H groups in total. The fraction of sp³-hybridized carbons (Fsp3) is 0.0943. The molecule has 0 saturated heterocycles. The van der Waals surface area contributed by atoms with E-state index in [0.717, 1.165) is 6.54 Å². The Morgan fingerprint density at radius 3 is 1.57 bits per heavy atom. The second-order valence-corrected chi connectivity index (χ2v) is 15.6. The molecule has 1 heteroatoms. The molecule has 3 aliphatic carbocycles. The maximum Gasteiger partial charge on any atom is 0.0726 e. The van der Waals surface area contributed by atoms with Crippen molar-refractivity contribution in [2.24, 2.45) is 0 Å². The van der Waals surface area contributed by atoms with Crippen molar-refractivity contribution in [3.63, 3.8) is 0 Å². The van der Waals surface area contributed by atoms with Gasteiger partial charge in [0.15, 0.2) is 0 Å². The highest BCUT2D eigenvalue weighted by atomic mass is 15.1. The summed E-state index contributed by atoms with van der Waals surface area (Å²) in [7, 11) is 0. The molecule has 54 heavy (non-hydrogen) atoms. The Balaban J connectivity index is 1.18. The van der Waals surface area contributed by atoms with Crippen LogP contribution in [0.5, 0.6) is 0 Å². The van der Waals surface area contributed by atoms with Crippen LogP contribution in [0.15, 0.2) is 188 Å². The van der Waals surface area contributed by atoms with Crippen LogP contribution >= 0.6 is 0 Å². The first kappa shape index (κ1) is 31.1. The molecular weight excluding hydrogens is 651 g/mol. The first-order valence-electron chi connectivity index (χ1n) is 19.1. The number of hydrogen-bond donors (Lipinski definition) is 0. The molecule has 0 aliphatic heterocycles. The Kier molecular flexibility index (Phi) is 6.64. The van der Waals surface area contributed by atoms with E-state index in [1.54, 1.807) is 0 Å². The van der Waals surface area contributed by atoms with Crippen LogP contribution in [0.3, 0.4) is 0 Å². The van der Waals surface area contributed by atoms with Gasteiger partial charge in [-0.3, -0.25) is 0 Å². The molecule has 11 rings (SSSR count). The molecule has 3 aliphatic rings. The molecule has 1 spiro atoms. The average Bonchev–Trinajstić information content (AvgIpc) is 3.79. The van der Waals surface area contributed by atoms with E-state index < -0.39 is 5.41 Å². The Morgan fingerprint density at radius 2 is 0.889 bits per heavy atom. The van der Waals surface area contributed by atoms with E-state index in [4.69, 9.17) is 0 Å². The fourth-order valence-electron chi connectivity index (χ4n) is 10.3. The van der Waals surface area contributed by atoms with Gasteiger partial charge >= 0.3 is 0 Å². The van der Waals surface area contributed by atoms with Gasteiger partial charge in [-0.15, -0.1) is 0 Å². The summed E-state index contributed by atoms with van der Waals surface area (Å²) in [6, 6.07) is 70.3. The lowest BCUT2D eigenvalue weighted by atomic mass is 9.70. The zero-order valence-corrected chi connectivity index (χ0v) is 30.6. The Labute approximate surface area is 317 Å². The summed E-state index contributed by atoms with van der Waals surface area (Å²) in [6.07, 6.45) is 0. The SMILES string of the molecule is CC1(C)c2ccccc2-c2ccc(N(Cc3ccccc3-c3ccccc3)c3cccc4c3-c3ccccc3C43c4ccccc4-c4ccccc43)cc21. The molecule has 1 nitrogen and oxygen atoms in total. The third-order valence-corrected chi connectivity index (χ3v) is 12.6. The molecule has 8 aromatic rings. The highest BCUT2D eigenvalue weighted by molar-refractivity contribution is 6.00. The first-order valence-corrected chi connectivity index (χ1v) is 19.1. The number of rotatable bonds is 5. The van der Waals surface area contributed by atoms with Gasteiger partial charge in [-0.05, 0) is 96.1 Å². The van der Waals surface area contributed by atoms with Gasteiger partial charge in [0.1, 0.15) is 0 Å². The Hall–Kier alpha value is -6.44.